The molecule has 3 rings (SSSR count). The fraction of sp³-hybridized carbons (Fsp3) is 0.700. The highest BCUT2D eigenvalue weighted by Crippen LogP contribution is 2.30. The lowest BCUT2D eigenvalue weighted by molar-refractivity contribution is 0.176. The standard InChI is InChI=1S/C10H15N5OS/c1-6-3-11-4-7(6)9-14-15-8(5-16-2)12-13-10(15)17-9/h6-7,11H,3-5H2,1-2H3. The van der Waals surface area contributed by atoms with Gasteiger partial charge in [0.05, 0.1) is 0 Å². The Labute approximate surface area is 103 Å². The molecule has 0 radical (unpaired) electrons. The van der Waals surface area contributed by atoms with E-state index in [0.29, 0.717) is 18.4 Å². The Kier molecular flexibility index (Phi) is 2.81. The number of aromatic nitrogens is 4. The zero-order chi connectivity index (χ0) is 11.8. The van der Waals surface area contributed by atoms with Crippen LogP contribution in [0.4, 0.5) is 0 Å². The van der Waals surface area contributed by atoms with Gasteiger partial charge >= 0.3 is 0 Å². The van der Waals surface area contributed by atoms with Crippen molar-refractivity contribution in [3.63, 3.8) is 0 Å². The summed E-state index contributed by atoms with van der Waals surface area (Å²) in [7, 11) is 1.65. The first-order valence-corrected chi connectivity index (χ1v) is 6.52. The van der Waals surface area contributed by atoms with Crippen molar-refractivity contribution in [2.24, 2.45) is 5.92 Å². The number of fused-ring (bicyclic) bond motifs is 1. The van der Waals surface area contributed by atoms with Crippen LogP contribution in [0, 0.1) is 5.92 Å². The Hall–Kier alpha value is -1.05. The molecule has 3 heterocycles. The molecule has 1 N–H and O–H groups in total. The Balaban J connectivity index is 1.96. The van der Waals surface area contributed by atoms with E-state index >= 15 is 0 Å². The number of rotatable bonds is 3. The first-order chi connectivity index (χ1) is 8.29. The minimum absolute atomic E-state index is 0.447. The largest absolute Gasteiger partial charge is 0.377 e. The Morgan fingerprint density at radius 1 is 1.47 bits per heavy atom. The van der Waals surface area contributed by atoms with Crippen LogP contribution in [0.3, 0.4) is 0 Å². The van der Waals surface area contributed by atoms with Crippen molar-refractivity contribution < 1.29 is 4.74 Å². The molecule has 0 saturated carbocycles. The van der Waals surface area contributed by atoms with Crippen LogP contribution in [0.1, 0.15) is 23.7 Å². The van der Waals surface area contributed by atoms with Gasteiger partial charge in [-0.2, -0.15) is 9.61 Å². The fourth-order valence-electron chi connectivity index (χ4n) is 2.18. The molecule has 1 aliphatic heterocycles. The summed E-state index contributed by atoms with van der Waals surface area (Å²) in [6, 6.07) is 0. The van der Waals surface area contributed by atoms with Crippen molar-refractivity contribution >= 4 is 16.3 Å². The molecule has 17 heavy (non-hydrogen) atoms. The molecule has 1 fully saturated rings. The van der Waals surface area contributed by atoms with E-state index in [1.165, 1.54) is 0 Å². The SMILES string of the molecule is COCc1nnc2sc(C3CNCC3C)nn12. The summed E-state index contributed by atoms with van der Waals surface area (Å²) in [5.74, 6) is 1.89. The second-order valence-corrected chi connectivity index (χ2v) is 5.41. The minimum Gasteiger partial charge on any atom is -0.377 e. The average Bonchev–Trinajstić information content (AvgIpc) is 2.95. The van der Waals surface area contributed by atoms with Crippen LogP contribution in [0.2, 0.25) is 0 Å². The summed E-state index contributed by atoms with van der Waals surface area (Å²) >= 11 is 1.63. The fourth-order valence-corrected chi connectivity index (χ4v) is 3.27. The van der Waals surface area contributed by atoms with E-state index in [2.05, 4.69) is 27.5 Å². The Morgan fingerprint density at radius 2 is 2.35 bits per heavy atom. The van der Waals surface area contributed by atoms with Gasteiger partial charge in [0, 0.05) is 19.6 Å². The van der Waals surface area contributed by atoms with Gasteiger partial charge in [0.15, 0.2) is 5.82 Å². The van der Waals surface area contributed by atoms with Gasteiger partial charge in [-0.1, -0.05) is 18.3 Å². The number of ether oxygens (including phenoxy) is 1. The molecule has 2 atom stereocenters. The molecule has 7 heteroatoms. The molecule has 0 bridgehead atoms. The van der Waals surface area contributed by atoms with Crippen molar-refractivity contribution in [2.45, 2.75) is 19.4 Å². The van der Waals surface area contributed by atoms with E-state index < -0.39 is 0 Å². The lowest BCUT2D eigenvalue weighted by Gasteiger charge is -2.08. The number of methoxy groups -OCH3 is 1. The average molecular weight is 253 g/mol. The highest BCUT2D eigenvalue weighted by Gasteiger charge is 2.28. The highest BCUT2D eigenvalue weighted by atomic mass is 32.1. The number of nitrogens with zero attached hydrogens (tertiary/aromatic N) is 4. The van der Waals surface area contributed by atoms with Gasteiger partial charge in [0.1, 0.15) is 11.6 Å². The molecule has 0 aromatic carbocycles. The van der Waals surface area contributed by atoms with Gasteiger partial charge < -0.3 is 10.1 Å². The van der Waals surface area contributed by atoms with E-state index in [0.717, 1.165) is 28.9 Å². The summed E-state index contributed by atoms with van der Waals surface area (Å²) in [5, 5.41) is 17.3. The summed E-state index contributed by atoms with van der Waals surface area (Å²) in [5.41, 5.74) is 0. The summed E-state index contributed by atoms with van der Waals surface area (Å²) in [6.07, 6.45) is 0. The van der Waals surface area contributed by atoms with Crippen LogP contribution in [-0.2, 0) is 11.3 Å². The second-order valence-electron chi connectivity index (χ2n) is 4.43. The Bertz CT molecular complexity index is 522. The molecule has 1 saturated heterocycles. The van der Waals surface area contributed by atoms with Gasteiger partial charge in [0.25, 0.3) is 0 Å². The highest BCUT2D eigenvalue weighted by molar-refractivity contribution is 7.16. The van der Waals surface area contributed by atoms with Crippen molar-refractivity contribution in [1.82, 2.24) is 25.1 Å². The van der Waals surface area contributed by atoms with Crippen molar-refractivity contribution in [1.29, 1.82) is 0 Å². The van der Waals surface area contributed by atoms with Gasteiger partial charge in [-0.05, 0) is 12.5 Å². The predicted molar refractivity (Wildman–Crippen MR) is 64.1 cm³/mol. The minimum atomic E-state index is 0.447. The maximum Gasteiger partial charge on any atom is 0.234 e. The first-order valence-electron chi connectivity index (χ1n) is 5.70. The van der Waals surface area contributed by atoms with Crippen LogP contribution >= 0.6 is 11.3 Å². The summed E-state index contributed by atoms with van der Waals surface area (Å²) in [6.45, 7) is 4.77. The molecule has 2 unspecified atom stereocenters. The molecule has 1 aliphatic rings. The molecule has 2 aromatic rings. The number of hydrogen-bond donors (Lipinski definition) is 1. The number of nitrogens with one attached hydrogen (secondary N) is 1. The molecule has 0 spiro atoms. The predicted octanol–water partition coefficient (Wildman–Crippen LogP) is 0.655. The molecule has 2 aromatic heterocycles. The maximum absolute atomic E-state index is 5.08. The second kappa shape index (κ2) is 4.32. The van der Waals surface area contributed by atoms with E-state index in [9.17, 15) is 0 Å². The zero-order valence-electron chi connectivity index (χ0n) is 9.88. The van der Waals surface area contributed by atoms with Gasteiger partial charge in [-0.3, -0.25) is 0 Å². The molecule has 0 amide bonds. The first kappa shape index (κ1) is 11.1. The molecule has 6 nitrogen and oxygen atoms in total. The van der Waals surface area contributed by atoms with Crippen molar-refractivity contribution in [2.75, 3.05) is 20.2 Å². The summed E-state index contributed by atoms with van der Waals surface area (Å²) in [4.78, 5) is 0.853. The topological polar surface area (TPSA) is 64.3 Å². The van der Waals surface area contributed by atoms with Crippen LogP contribution in [0.15, 0.2) is 0 Å². The van der Waals surface area contributed by atoms with Crippen LogP contribution < -0.4 is 5.32 Å². The molecule has 0 aliphatic carbocycles. The third-order valence-corrected chi connectivity index (χ3v) is 4.21. The van der Waals surface area contributed by atoms with Crippen LogP contribution in [-0.4, -0.2) is 40.0 Å². The van der Waals surface area contributed by atoms with Crippen molar-refractivity contribution in [3.8, 4) is 0 Å². The van der Waals surface area contributed by atoms with Gasteiger partial charge in [-0.15, -0.1) is 10.2 Å². The van der Waals surface area contributed by atoms with Crippen LogP contribution in [0.25, 0.3) is 4.96 Å². The Morgan fingerprint density at radius 3 is 3.06 bits per heavy atom. The van der Waals surface area contributed by atoms with E-state index in [1.54, 1.807) is 23.0 Å². The molecule has 92 valence electrons. The van der Waals surface area contributed by atoms with Crippen molar-refractivity contribution in [3.05, 3.63) is 10.8 Å². The third kappa shape index (κ3) is 1.84. The van der Waals surface area contributed by atoms with Gasteiger partial charge in [0.2, 0.25) is 4.96 Å². The normalized spacial score (nSPS) is 24.8. The molecular formula is C10H15N5OS. The van der Waals surface area contributed by atoms with E-state index in [1.807, 2.05) is 0 Å². The lowest BCUT2D eigenvalue weighted by atomic mass is 9.99. The van der Waals surface area contributed by atoms with E-state index in [4.69, 9.17) is 4.74 Å². The number of hydrogen-bond acceptors (Lipinski definition) is 6. The van der Waals surface area contributed by atoms with Crippen LogP contribution in [0.5, 0.6) is 0 Å². The quantitative estimate of drug-likeness (QED) is 0.870. The smallest absolute Gasteiger partial charge is 0.234 e. The zero-order valence-corrected chi connectivity index (χ0v) is 10.7. The van der Waals surface area contributed by atoms with Gasteiger partial charge in [-0.25, -0.2) is 0 Å². The third-order valence-electron chi connectivity index (χ3n) is 3.18. The lowest BCUT2D eigenvalue weighted by Crippen LogP contribution is -2.08. The monoisotopic (exact) mass is 253 g/mol. The van der Waals surface area contributed by atoms with E-state index in [-0.39, 0.29) is 0 Å². The maximum atomic E-state index is 5.08. The molecular weight excluding hydrogens is 238 g/mol. The summed E-state index contributed by atoms with van der Waals surface area (Å²) < 4.78 is 6.88.